The van der Waals surface area contributed by atoms with Gasteiger partial charge in [0, 0.05) is 19.3 Å². The lowest BCUT2D eigenvalue weighted by Gasteiger charge is -2.35. The van der Waals surface area contributed by atoms with E-state index in [0.29, 0.717) is 22.9 Å². The number of benzene rings is 1. The molecule has 2 atom stereocenters. The molecule has 130 valence electrons. The average Bonchev–Trinajstić information content (AvgIpc) is 2.85. The Morgan fingerprint density at radius 3 is 2.46 bits per heavy atom. The van der Waals surface area contributed by atoms with Crippen LogP contribution in [0.2, 0.25) is 0 Å². The predicted octanol–water partition coefficient (Wildman–Crippen LogP) is 1.94. The highest BCUT2D eigenvalue weighted by Crippen LogP contribution is 2.23. The summed E-state index contributed by atoms with van der Waals surface area (Å²) in [5.41, 5.74) is 1.26. The van der Waals surface area contributed by atoms with Gasteiger partial charge in [-0.3, -0.25) is 4.79 Å². The third kappa shape index (κ3) is 3.31. The van der Waals surface area contributed by atoms with Crippen LogP contribution in [0, 0.1) is 11.8 Å². The van der Waals surface area contributed by atoms with Crippen molar-refractivity contribution in [1.82, 2.24) is 14.5 Å². The minimum Gasteiger partial charge on any atom is -0.341 e. The van der Waals surface area contributed by atoms with Crippen LogP contribution >= 0.6 is 0 Å². The summed E-state index contributed by atoms with van der Waals surface area (Å²) in [7, 11) is -3.51. The second-order valence-electron chi connectivity index (χ2n) is 6.99. The van der Waals surface area contributed by atoms with E-state index in [1.165, 1.54) is 4.57 Å². The second kappa shape index (κ2) is 6.20. The fourth-order valence-electron chi connectivity index (χ4n) is 3.59. The van der Waals surface area contributed by atoms with Crippen molar-refractivity contribution in [3.05, 3.63) is 24.3 Å². The summed E-state index contributed by atoms with van der Waals surface area (Å²) in [6.07, 6.45) is 2.24. The predicted molar refractivity (Wildman–Crippen MR) is 92.4 cm³/mol. The number of carbonyl (C=O) groups excluding carboxylic acids is 1. The Bertz CT molecular complexity index is 862. The molecule has 0 saturated carbocycles. The van der Waals surface area contributed by atoms with Crippen molar-refractivity contribution in [3.63, 3.8) is 0 Å². The molecule has 2 heterocycles. The molecule has 1 aliphatic rings. The van der Waals surface area contributed by atoms with Crippen LogP contribution in [0.1, 0.15) is 20.3 Å². The van der Waals surface area contributed by atoms with Crippen LogP contribution in [-0.2, 0) is 21.2 Å². The van der Waals surface area contributed by atoms with Crippen LogP contribution in [0.25, 0.3) is 11.0 Å². The summed E-state index contributed by atoms with van der Waals surface area (Å²) in [5.74, 6) is 0.875. The third-order valence-electron chi connectivity index (χ3n) is 4.47. The zero-order valence-corrected chi connectivity index (χ0v) is 15.1. The summed E-state index contributed by atoms with van der Waals surface area (Å²) in [4.78, 5) is 18.8. The molecule has 1 aromatic heterocycles. The van der Waals surface area contributed by atoms with E-state index >= 15 is 0 Å². The number of sulfone groups is 1. The summed E-state index contributed by atoms with van der Waals surface area (Å²) < 4.78 is 25.7. The molecule has 7 heteroatoms. The number of nitrogens with zero attached hydrogens (tertiary/aromatic N) is 3. The monoisotopic (exact) mass is 349 g/mol. The minimum absolute atomic E-state index is 0.00234. The smallest absolute Gasteiger partial charge is 0.242 e. The van der Waals surface area contributed by atoms with Crippen molar-refractivity contribution in [1.29, 1.82) is 0 Å². The van der Waals surface area contributed by atoms with Crippen molar-refractivity contribution < 1.29 is 13.2 Å². The second-order valence-corrected chi connectivity index (χ2v) is 8.90. The van der Waals surface area contributed by atoms with Gasteiger partial charge in [-0.25, -0.2) is 13.4 Å². The van der Waals surface area contributed by atoms with Gasteiger partial charge in [-0.05, 0) is 30.4 Å². The maximum atomic E-state index is 12.8. The number of fused-ring (bicyclic) bond motifs is 1. The van der Waals surface area contributed by atoms with E-state index in [2.05, 4.69) is 18.8 Å². The van der Waals surface area contributed by atoms with E-state index in [-0.39, 0.29) is 17.6 Å². The first-order valence-corrected chi connectivity index (χ1v) is 10.1. The molecule has 0 spiro atoms. The van der Waals surface area contributed by atoms with Crippen molar-refractivity contribution >= 4 is 26.8 Å². The molecule has 3 rings (SSSR count). The maximum Gasteiger partial charge on any atom is 0.242 e. The molecule has 0 radical (unpaired) electrons. The highest BCUT2D eigenvalue weighted by Gasteiger charge is 2.27. The van der Waals surface area contributed by atoms with Gasteiger partial charge in [-0.1, -0.05) is 26.0 Å². The van der Waals surface area contributed by atoms with Gasteiger partial charge < -0.3 is 9.47 Å². The summed E-state index contributed by atoms with van der Waals surface area (Å²) in [5, 5.41) is -0.0462. The Morgan fingerprint density at radius 2 is 1.83 bits per heavy atom. The molecule has 0 unspecified atom stereocenters. The number of hydrogen-bond acceptors (Lipinski definition) is 4. The van der Waals surface area contributed by atoms with E-state index in [1.807, 2.05) is 17.0 Å². The van der Waals surface area contributed by atoms with Crippen LogP contribution < -0.4 is 0 Å². The largest absolute Gasteiger partial charge is 0.341 e. The first kappa shape index (κ1) is 17.0. The molecule has 1 aliphatic heterocycles. The quantitative estimate of drug-likeness (QED) is 0.849. The van der Waals surface area contributed by atoms with Crippen molar-refractivity contribution in [3.8, 4) is 0 Å². The van der Waals surface area contributed by atoms with Crippen molar-refractivity contribution in [2.45, 2.75) is 32.0 Å². The van der Waals surface area contributed by atoms with E-state index < -0.39 is 9.84 Å². The fourth-order valence-corrected chi connectivity index (χ4v) is 4.42. The molecule has 1 amide bonds. The van der Waals surface area contributed by atoms with Gasteiger partial charge in [0.1, 0.15) is 6.54 Å². The van der Waals surface area contributed by atoms with Gasteiger partial charge in [0.05, 0.1) is 11.0 Å². The number of piperidine rings is 1. The van der Waals surface area contributed by atoms with Gasteiger partial charge in [0.15, 0.2) is 0 Å². The molecule has 1 fully saturated rings. The Kier molecular flexibility index (Phi) is 4.38. The molecular formula is C17H23N3O3S. The maximum absolute atomic E-state index is 12.8. The van der Waals surface area contributed by atoms with Gasteiger partial charge in [-0.2, -0.15) is 0 Å². The molecule has 2 aromatic rings. The lowest BCUT2D eigenvalue weighted by molar-refractivity contribution is -0.134. The van der Waals surface area contributed by atoms with Crippen LogP contribution in [0.4, 0.5) is 0 Å². The molecule has 0 bridgehead atoms. The number of aromatic nitrogens is 2. The standard InChI is InChI=1S/C17H23N3O3S/c1-12-8-13(2)10-19(9-12)16(21)11-20-15-7-5-4-6-14(15)18-17(20)24(3,22)23/h4-7,12-13H,8-11H2,1-3H3/t12-,13-/m0/s1. The first-order chi connectivity index (χ1) is 11.3. The van der Waals surface area contributed by atoms with Crippen molar-refractivity contribution in [2.75, 3.05) is 19.3 Å². The lowest BCUT2D eigenvalue weighted by atomic mass is 9.92. The van der Waals surface area contributed by atoms with Gasteiger partial charge in [0.2, 0.25) is 20.9 Å². The number of carbonyl (C=O) groups is 1. The third-order valence-corrected chi connectivity index (χ3v) is 5.44. The zero-order chi connectivity index (χ0) is 17.5. The normalized spacial score (nSPS) is 22.0. The van der Waals surface area contributed by atoms with Gasteiger partial charge in [-0.15, -0.1) is 0 Å². The van der Waals surface area contributed by atoms with Crippen LogP contribution in [0.5, 0.6) is 0 Å². The first-order valence-electron chi connectivity index (χ1n) is 8.19. The molecule has 24 heavy (non-hydrogen) atoms. The Morgan fingerprint density at radius 1 is 1.21 bits per heavy atom. The molecule has 1 saturated heterocycles. The molecule has 0 aliphatic carbocycles. The van der Waals surface area contributed by atoms with E-state index in [1.54, 1.807) is 12.1 Å². The number of imidazole rings is 1. The molecule has 0 N–H and O–H groups in total. The van der Waals surface area contributed by atoms with Gasteiger partial charge >= 0.3 is 0 Å². The SMILES string of the molecule is C[C@H]1C[C@H](C)CN(C(=O)Cn2c(S(C)(=O)=O)nc3ccccc32)C1. The highest BCUT2D eigenvalue weighted by atomic mass is 32.2. The van der Waals surface area contributed by atoms with Crippen LogP contribution in [0.3, 0.4) is 0 Å². The van der Waals surface area contributed by atoms with Gasteiger partial charge in [0.25, 0.3) is 0 Å². The summed E-state index contributed by atoms with van der Waals surface area (Å²) in [6, 6.07) is 7.19. The number of para-hydroxylation sites is 2. The zero-order valence-electron chi connectivity index (χ0n) is 14.3. The molecule has 6 nitrogen and oxygen atoms in total. The Labute approximate surface area is 142 Å². The summed E-state index contributed by atoms with van der Waals surface area (Å²) >= 11 is 0. The lowest BCUT2D eigenvalue weighted by Crippen LogP contribution is -2.44. The number of hydrogen-bond donors (Lipinski definition) is 0. The van der Waals surface area contributed by atoms with E-state index in [4.69, 9.17) is 0 Å². The van der Waals surface area contributed by atoms with E-state index in [0.717, 1.165) is 25.8 Å². The molecular weight excluding hydrogens is 326 g/mol. The van der Waals surface area contributed by atoms with Crippen LogP contribution in [0.15, 0.2) is 29.4 Å². The fraction of sp³-hybridized carbons (Fsp3) is 0.529. The Hall–Kier alpha value is -1.89. The number of likely N-dealkylation sites (tertiary alicyclic amines) is 1. The summed E-state index contributed by atoms with van der Waals surface area (Å²) in [6.45, 7) is 5.74. The minimum atomic E-state index is -3.51. The topological polar surface area (TPSA) is 72.3 Å². The van der Waals surface area contributed by atoms with Crippen molar-refractivity contribution in [2.24, 2.45) is 11.8 Å². The highest BCUT2D eigenvalue weighted by molar-refractivity contribution is 7.90. The Balaban J connectivity index is 1.96. The van der Waals surface area contributed by atoms with Crippen LogP contribution in [-0.4, -0.2) is 48.1 Å². The number of amides is 1. The average molecular weight is 349 g/mol. The molecule has 1 aromatic carbocycles. The van der Waals surface area contributed by atoms with E-state index in [9.17, 15) is 13.2 Å². The number of rotatable bonds is 3.